The summed E-state index contributed by atoms with van der Waals surface area (Å²) in [6, 6.07) is 13.1. The summed E-state index contributed by atoms with van der Waals surface area (Å²) in [7, 11) is -3.28. The number of amides is 2. The molecule has 12 nitrogen and oxygen atoms in total. The minimum atomic E-state index is -4.28. The highest BCUT2D eigenvalue weighted by Crippen LogP contribution is 2.14. The zero-order valence-electron chi connectivity index (χ0n) is 18.2. The number of hydrogen-bond acceptors (Lipinski definition) is 7. The van der Waals surface area contributed by atoms with E-state index in [2.05, 4.69) is 10.6 Å². The summed E-state index contributed by atoms with van der Waals surface area (Å²) in [5.41, 5.74) is 3.66. The first-order valence-electron chi connectivity index (χ1n) is 9.87. The van der Waals surface area contributed by atoms with Gasteiger partial charge in [-0.1, -0.05) is 30.3 Å². The van der Waals surface area contributed by atoms with Crippen molar-refractivity contribution in [2.45, 2.75) is 17.0 Å². The molecule has 0 spiro atoms. The summed E-state index contributed by atoms with van der Waals surface area (Å²) < 4.78 is 32.0. The molecule has 0 aliphatic carbocycles. The van der Waals surface area contributed by atoms with E-state index in [4.69, 9.17) is 15.9 Å². The Hall–Kier alpha value is -3.81. The highest BCUT2D eigenvalue weighted by molar-refractivity contribution is 7.89. The van der Waals surface area contributed by atoms with Crippen LogP contribution in [0, 0.1) is 5.41 Å². The normalized spacial score (nSPS) is 12.9. The van der Waals surface area contributed by atoms with Crippen LogP contribution in [0.15, 0.2) is 59.5 Å². The zero-order chi connectivity index (χ0) is 25.4. The third kappa shape index (κ3) is 6.84. The molecule has 0 aliphatic rings. The van der Waals surface area contributed by atoms with E-state index in [1.807, 2.05) is 4.72 Å². The first kappa shape index (κ1) is 26.4. The fraction of sp³-hybridized carbons (Fsp3) is 0.238. The molecule has 0 bridgehead atoms. The number of carbonyl (C=O) groups is 3. The molecule has 0 saturated carbocycles. The van der Waals surface area contributed by atoms with E-state index >= 15 is 0 Å². The molecule has 2 aromatic carbocycles. The van der Waals surface area contributed by atoms with E-state index in [0.29, 0.717) is 11.1 Å². The molecular weight excluding hydrogens is 466 g/mol. The average Bonchev–Trinajstić information content (AvgIpc) is 2.82. The van der Waals surface area contributed by atoms with Gasteiger partial charge in [0.05, 0.1) is 11.4 Å². The number of aliphatic carboxylic acids is 1. The smallest absolute Gasteiger partial charge is 0.354 e. The quantitative estimate of drug-likeness (QED) is 0.131. The maximum Gasteiger partial charge on any atom is 0.354 e. The lowest BCUT2D eigenvalue weighted by molar-refractivity contribution is -0.163. The van der Waals surface area contributed by atoms with Crippen molar-refractivity contribution in [3.8, 4) is 0 Å². The second-order valence-corrected chi connectivity index (χ2v) is 8.71. The Morgan fingerprint density at radius 3 is 2.15 bits per heavy atom. The molecule has 1 atom stereocenters. The highest BCUT2D eigenvalue weighted by atomic mass is 32.2. The third-order valence-corrected chi connectivity index (χ3v) is 6.17. The van der Waals surface area contributed by atoms with Gasteiger partial charge in [0.2, 0.25) is 21.7 Å². The number of nitrogen functional groups attached to an aromatic ring is 1. The highest BCUT2D eigenvalue weighted by Gasteiger charge is 2.43. The zero-order valence-corrected chi connectivity index (χ0v) is 19.0. The average molecular weight is 492 g/mol. The first-order valence-corrected chi connectivity index (χ1v) is 11.4. The Balaban J connectivity index is 1.94. The predicted molar refractivity (Wildman–Crippen MR) is 122 cm³/mol. The molecule has 13 heteroatoms. The van der Waals surface area contributed by atoms with Gasteiger partial charge in [0, 0.05) is 31.2 Å². The molecule has 0 fully saturated rings. The van der Waals surface area contributed by atoms with Gasteiger partial charge in [-0.2, -0.15) is 4.72 Å². The summed E-state index contributed by atoms with van der Waals surface area (Å²) in [6.45, 7) is -0.772. The maximum atomic E-state index is 12.6. The number of methoxy groups -OCH3 is 1. The first-order chi connectivity index (χ1) is 16.0. The van der Waals surface area contributed by atoms with Gasteiger partial charge < -0.3 is 26.2 Å². The summed E-state index contributed by atoms with van der Waals surface area (Å²) in [4.78, 5) is 36.0. The molecule has 0 saturated heterocycles. The summed E-state index contributed by atoms with van der Waals surface area (Å²) in [5.74, 6) is -2.90. The number of nitrogens with one attached hydrogen (secondary N) is 4. The topological polar surface area (TPSA) is 201 Å². The number of benzene rings is 2. The summed E-state index contributed by atoms with van der Waals surface area (Å²) >= 11 is 0. The van der Waals surface area contributed by atoms with Gasteiger partial charge in [0.1, 0.15) is 5.84 Å². The Kier molecular flexibility index (Phi) is 8.83. The van der Waals surface area contributed by atoms with Crippen LogP contribution in [0.1, 0.15) is 22.3 Å². The van der Waals surface area contributed by atoms with Crippen LogP contribution >= 0.6 is 0 Å². The number of ether oxygens (including phenoxy) is 1. The van der Waals surface area contributed by atoms with E-state index in [1.54, 1.807) is 6.07 Å². The number of hydrogen-bond donors (Lipinski definition) is 6. The van der Waals surface area contributed by atoms with E-state index in [-0.39, 0.29) is 23.7 Å². The van der Waals surface area contributed by atoms with Crippen molar-refractivity contribution >= 4 is 33.6 Å². The molecule has 7 N–H and O–H groups in total. The minimum absolute atomic E-state index is 0.0675. The lowest BCUT2D eigenvalue weighted by atomic mass is 10.1. The number of carboxylic acid groups (broad SMARTS) is 1. The predicted octanol–water partition coefficient (Wildman–Crippen LogP) is -0.387. The number of nitrogens with two attached hydrogens (primary N) is 1. The van der Waals surface area contributed by atoms with Gasteiger partial charge in [-0.25, -0.2) is 13.2 Å². The Morgan fingerprint density at radius 1 is 1.03 bits per heavy atom. The van der Waals surface area contributed by atoms with Crippen molar-refractivity contribution in [1.29, 1.82) is 5.41 Å². The molecular formula is C21H25N5O7S. The number of carboxylic acids is 1. The van der Waals surface area contributed by atoms with Crippen LogP contribution in [0.4, 0.5) is 0 Å². The monoisotopic (exact) mass is 491 g/mol. The Bertz CT molecular complexity index is 1150. The van der Waals surface area contributed by atoms with Gasteiger partial charge >= 0.3 is 5.97 Å². The number of rotatable bonds is 12. The van der Waals surface area contributed by atoms with Crippen LogP contribution in [0.3, 0.4) is 0 Å². The molecule has 0 unspecified atom stereocenters. The Morgan fingerprint density at radius 2 is 1.62 bits per heavy atom. The van der Waals surface area contributed by atoms with Crippen LogP contribution in [0.25, 0.3) is 0 Å². The van der Waals surface area contributed by atoms with Gasteiger partial charge in [-0.3, -0.25) is 15.0 Å². The van der Waals surface area contributed by atoms with Crippen LogP contribution in [-0.2, 0) is 24.3 Å². The second-order valence-electron chi connectivity index (χ2n) is 7.03. The number of carbonyl (C=O) groups excluding carboxylic acids is 2. The van der Waals surface area contributed by atoms with Crippen molar-refractivity contribution in [2.75, 3.05) is 20.2 Å². The molecule has 0 aliphatic heterocycles. The molecule has 0 radical (unpaired) electrons. The fourth-order valence-corrected chi connectivity index (χ4v) is 4.05. The molecule has 0 heterocycles. The fourth-order valence-electron chi connectivity index (χ4n) is 2.74. The molecule has 34 heavy (non-hydrogen) atoms. The van der Waals surface area contributed by atoms with Gasteiger partial charge in [0.25, 0.3) is 5.91 Å². The van der Waals surface area contributed by atoms with Crippen LogP contribution < -0.4 is 21.1 Å². The van der Waals surface area contributed by atoms with Crippen LogP contribution in [0.2, 0.25) is 0 Å². The van der Waals surface area contributed by atoms with Crippen LogP contribution in [-0.4, -0.2) is 63.1 Å². The maximum absolute atomic E-state index is 12.6. The second kappa shape index (κ2) is 11.4. The van der Waals surface area contributed by atoms with E-state index < -0.39 is 40.1 Å². The van der Waals surface area contributed by atoms with Crippen molar-refractivity contribution < 1.29 is 32.6 Å². The third-order valence-electron chi connectivity index (χ3n) is 4.68. The SMILES string of the molecule is CO[C@](CNC(=O)CCNC(=O)c1ccc(C(=N)N)cc1)(NS(=O)(=O)c1ccccc1)C(=O)O. The molecule has 2 aromatic rings. The lowest BCUT2D eigenvalue weighted by Gasteiger charge is -2.28. The molecule has 2 amide bonds. The lowest BCUT2D eigenvalue weighted by Crippen LogP contribution is -2.62. The molecule has 182 valence electrons. The molecule has 0 aromatic heterocycles. The van der Waals surface area contributed by atoms with Crippen molar-refractivity contribution in [3.05, 3.63) is 65.7 Å². The largest absolute Gasteiger partial charge is 0.478 e. The van der Waals surface area contributed by atoms with E-state index in [1.165, 1.54) is 48.5 Å². The minimum Gasteiger partial charge on any atom is -0.478 e. The van der Waals surface area contributed by atoms with Crippen LogP contribution in [0.5, 0.6) is 0 Å². The Labute approximate surface area is 196 Å². The van der Waals surface area contributed by atoms with E-state index in [0.717, 1.165) is 7.11 Å². The number of sulfonamides is 1. The van der Waals surface area contributed by atoms with Crippen molar-refractivity contribution in [3.63, 3.8) is 0 Å². The van der Waals surface area contributed by atoms with Crippen molar-refractivity contribution in [1.82, 2.24) is 15.4 Å². The van der Waals surface area contributed by atoms with Gasteiger partial charge in [-0.15, -0.1) is 0 Å². The summed E-state index contributed by atoms with van der Waals surface area (Å²) in [6.07, 6.45) is -0.206. The molecule has 2 rings (SSSR count). The van der Waals surface area contributed by atoms with E-state index in [9.17, 15) is 27.9 Å². The van der Waals surface area contributed by atoms with Gasteiger partial charge in [0.15, 0.2) is 0 Å². The van der Waals surface area contributed by atoms with Crippen molar-refractivity contribution in [2.24, 2.45) is 5.73 Å². The standard InChI is InChI=1S/C21H25N5O7S/c1-33-21(20(29)30,26-34(31,32)16-5-3-2-4-6-16)13-25-17(27)11-12-24-19(28)15-9-7-14(8-10-15)18(22)23/h2-10,26H,11-13H2,1H3,(H3,22,23)(H,24,28)(H,25,27)(H,29,30)/t21-/m0/s1. The van der Waals surface area contributed by atoms with Gasteiger partial charge in [-0.05, 0) is 24.3 Å². The summed E-state index contributed by atoms with van der Waals surface area (Å²) in [5, 5.41) is 21.8. The number of amidine groups is 1.